The van der Waals surface area contributed by atoms with Crippen molar-refractivity contribution in [3.05, 3.63) is 22.8 Å². The van der Waals surface area contributed by atoms with Crippen LogP contribution in [0, 0.1) is 0 Å². The van der Waals surface area contributed by atoms with E-state index in [1.165, 1.54) is 11.8 Å². The van der Waals surface area contributed by atoms with E-state index >= 15 is 0 Å². The lowest BCUT2D eigenvalue weighted by atomic mass is 10.5. The van der Waals surface area contributed by atoms with Gasteiger partial charge in [-0.2, -0.15) is 0 Å². The molecule has 1 heterocycles. The normalized spacial score (nSPS) is 11.1. The molecule has 0 bridgehead atoms. The number of hydrogen-bond donors (Lipinski definition) is 1. The van der Waals surface area contributed by atoms with E-state index in [1.54, 1.807) is 19.2 Å². The molecule has 92 valence electrons. The summed E-state index contributed by atoms with van der Waals surface area (Å²) in [6.45, 7) is 2.07. The fourth-order valence-corrected chi connectivity index (χ4v) is 1.52. The van der Waals surface area contributed by atoms with E-state index in [2.05, 4.69) is 31.2 Å². The van der Waals surface area contributed by atoms with Gasteiger partial charge >= 0.3 is 6.09 Å². The van der Waals surface area contributed by atoms with Crippen LogP contribution in [0.3, 0.4) is 0 Å². The molecule has 0 radical (unpaired) electrons. The highest BCUT2D eigenvalue weighted by Gasteiger charge is 2.05. The highest BCUT2D eigenvalue weighted by Crippen LogP contribution is 2.14. The Balaban J connectivity index is 2.72. The molecule has 1 amide bonds. The van der Waals surface area contributed by atoms with Crippen LogP contribution >= 0.6 is 27.7 Å². The minimum Gasteiger partial charge on any atom is -0.450 e. The fraction of sp³-hybridized carbons (Fsp3) is 0.300. The largest absolute Gasteiger partial charge is 0.450 e. The Bertz CT molecular complexity index is 409. The Kier molecular flexibility index (Phi) is 5.99. The summed E-state index contributed by atoms with van der Waals surface area (Å²) >= 11 is 4.59. The molecular formula is C10H12BrN3O2S. The summed E-state index contributed by atoms with van der Waals surface area (Å²) in [5.41, 5.74) is 0. The first kappa shape index (κ1) is 14.0. The van der Waals surface area contributed by atoms with Gasteiger partial charge in [0.25, 0.3) is 0 Å². The number of carbonyl (C=O) groups is 1. The molecule has 17 heavy (non-hydrogen) atoms. The molecule has 0 aliphatic rings. The van der Waals surface area contributed by atoms with Crippen molar-refractivity contribution in [3.8, 4) is 0 Å². The number of hydrogen-bond acceptors (Lipinski definition) is 5. The molecule has 0 fully saturated rings. The quantitative estimate of drug-likeness (QED) is 0.673. The van der Waals surface area contributed by atoms with E-state index in [9.17, 15) is 4.79 Å². The summed E-state index contributed by atoms with van der Waals surface area (Å²) < 4.78 is 5.63. The van der Waals surface area contributed by atoms with E-state index in [-0.39, 0.29) is 0 Å². The molecule has 1 aromatic rings. The molecule has 7 heteroatoms. The minimum atomic E-state index is -0.516. The predicted octanol–water partition coefficient (Wildman–Crippen LogP) is 2.94. The number of thioether (sulfide) groups is 1. The van der Waals surface area contributed by atoms with Gasteiger partial charge in [0.2, 0.25) is 0 Å². The minimum absolute atomic E-state index is 0.323. The van der Waals surface area contributed by atoms with Crippen LogP contribution in [0.2, 0.25) is 0 Å². The standard InChI is InChI=1S/C10H12BrN3O2S/c1-3-16-10(15)14-9(17-2)13-8-5-4-7(11)6-12-8/h4-6H,3H2,1-2H3,(H,12,13,14,15). The second-order valence-electron chi connectivity index (χ2n) is 2.80. The third-order valence-electron chi connectivity index (χ3n) is 1.61. The summed E-state index contributed by atoms with van der Waals surface area (Å²) in [6, 6.07) is 3.57. The molecule has 1 aromatic heterocycles. The van der Waals surface area contributed by atoms with Crippen molar-refractivity contribution in [2.75, 3.05) is 12.9 Å². The fourth-order valence-electron chi connectivity index (χ4n) is 0.917. The maximum absolute atomic E-state index is 11.2. The highest BCUT2D eigenvalue weighted by atomic mass is 79.9. The van der Waals surface area contributed by atoms with E-state index in [4.69, 9.17) is 4.74 Å². The second-order valence-corrected chi connectivity index (χ2v) is 4.51. The monoisotopic (exact) mass is 317 g/mol. The maximum Gasteiger partial charge on any atom is 0.413 e. The van der Waals surface area contributed by atoms with Crippen LogP contribution in [0.4, 0.5) is 10.6 Å². The molecule has 5 nitrogen and oxygen atoms in total. The molecule has 0 aromatic carbocycles. The number of carbonyl (C=O) groups excluding carboxylic acids is 1. The number of ether oxygens (including phenoxy) is 1. The van der Waals surface area contributed by atoms with Gasteiger partial charge in [0.05, 0.1) is 6.61 Å². The van der Waals surface area contributed by atoms with Crippen molar-refractivity contribution in [3.63, 3.8) is 0 Å². The van der Waals surface area contributed by atoms with E-state index in [0.29, 0.717) is 17.6 Å². The highest BCUT2D eigenvalue weighted by molar-refractivity contribution is 9.10. The molecule has 0 aliphatic heterocycles. The number of nitrogens with one attached hydrogen (secondary N) is 1. The van der Waals surface area contributed by atoms with Gasteiger partial charge in [-0.3, -0.25) is 5.32 Å². The number of pyridine rings is 1. The molecule has 1 N–H and O–H groups in total. The van der Waals surface area contributed by atoms with Crippen molar-refractivity contribution in [1.29, 1.82) is 0 Å². The number of aromatic nitrogens is 1. The zero-order valence-electron chi connectivity index (χ0n) is 9.44. The first-order valence-electron chi connectivity index (χ1n) is 4.83. The molecular weight excluding hydrogens is 306 g/mol. The Morgan fingerprint density at radius 3 is 2.94 bits per heavy atom. The van der Waals surface area contributed by atoms with Crippen molar-refractivity contribution in [2.45, 2.75) is 6.92 Å². The van der Waals surface area contributed by atoms with Gasteiger partial charge in [0.1, 0.15) is 0 Å². The zero-order valence-corrected chi connectivity index (χ0v) is 11.8. The number of nitrogens with zero attached hydrogens (tertiary/aromatic N) is 2. The van der Waals surface area contributed by atoms with Gasteiger partial charge in [-0.25, -0.2) is 14.8 Å². The summed E-state index contributed by atoms with van der Waals surface area (Å²) in [7, 11) is 0. The van der Waals surface area contributed by atoms with E-state index in [1.807, 2.05) is 12.3 Å². The first-order valence-corrected chi connectivity index (χ1v) is 6.85. The number of amides is 1. The third kappa shape index (κ3) is 5.18. The first-order chi connectivity index (χ1) is 8.15. The van der Waals surface area contributed by atoms with Gasteiger partial charge in [-0.05, 0) is 41.2 Å². The Hall–Kier alpha value is -1.08. The zero-order chi connectivity index (χ0) is 12.7. The van der Waals surface area contributed by atoms with Crippen molar-refractivity contribution < 1.29 is 9.53 Å². The topological polar surface area (TPSA) is 63.6 Å². The smallest absolute Gasteiger partial charge is 0.413 e. The van der Waals surface area contributed by atoms with Gasteiger partial charge in [0, 0.05) is 10.7 Å². The number of alkyl carbamates (subject to hydrolysis) is 1. The Morgan fingerprint density at radius 1 is 1.65 bits per heavy atom. The van der Waals surface area contributed by atoms with Crippen LogP contribution in [0.15, 0.2) is 27.8 Å². The molecule has 0 unspecified atom stereocenters. The third-order valence-corrected chi connectivity index (χ3v) is 2.65. The molecule has 0 saturated heterocycles. The molecule has 0 saturated carbocycles. The summed E-state index contributed by atoms with van der Waals surface area (Å²) in [6.07, 6.45) is 2.93. The maximum atomic E-state index is 11.2. The van der Waals surface area contributed by atoms with Crippen LogP contribution in [-0.4, -0.2) is 29.1 Å². The van der Waals surface area contributed by atoms with Crippen molar-refractivity contribution >= 4 is 44.8 Å². The Morgan fingerprint density at radius 2 is 2.41 bits per heavy atom. The second kappa shape index (κ2) is 7.29. The summed E-state index contributed by atoms with van der Waals surface area (Å²) in [5, 5.41) is 2.97. The number of aliphatic imine (C=N–C) groups is 1. The number of rotatable bonds is 2. The average Bonchev–Trinajstić information content (AvgIpc) is 2.31. The van der Waals surface area contributed by atoms with Gasteiger partial charge in [0.15, 0.2) is 11.0 Å². The van der Waals surface area contributed by atoms with Crippen LogP contribution in [0.25, 0.3) is 0 Å². The lowest BCUT2D eigenvalue weighted by Gasteiger charge is -2.05. The van der Waals surface area contributed by atoms with Crippen molar-refractivity contribution in [1.82, 2.24) is 10.3 Å². The van der Waals surface area contributed by atoms with Crippen LogP contribution in [0.1, 0.15) is 6.92 Å². The molecule has 0 atom stereocenters. The molecule has 0 aliphatic carbocycles. The summed E-state index contributed by atoms with van der Waals surface area (Å²) in [4.78, 5) is 19.5. The lowest BCUT2D eigenvalue weighted by Crippen LogP contribution is -2.28. The van der Waals surface area contributed by atoms with Crippen molar-refractivity contribution in [2.24, 2.45) is 4.99 Å². The Labute approximate surface area is 112 Å². The van der Waals surface area contributed by atoms with Gasteiger partial charge in [-0.1, -0.05) is 11.8 Å². The molecule has 0 spiro atoms. The van der Waals surface area contributed by atoms with E-state index in [0.717, 1.165) is 4.47 Å². The number of halogens is 1. The van der Waals surface area contributed by atoms with Crippen LogP contribution < -0.4 is 5.32 Å². The van der Waals surface area contributed by atoms with E-state index < -0.39 is 6.09 Å². The predicted molar refractivity (Wildman–Crippen MR) is 72.7 cm³/mol. The number of amidine groups is 1. The average molecular weight is 318 g/mol. The summed E-state index contributed by atoms with van der Waals surface area (Å²) in [5.74, 6) is 0.523. The molecule has 1 rings (SSSR count). The van der Waals surface area contributed by atoms with Crippen LogP contribution in [-0.2, 0) is 4.74 Å². The van der Waals surface area contributed by atoms with Gasteiger partial charge in [-0.15, -0.1) is 0 Å². The van der Waals surface area contributed by atoms with Crippen LogP contribution in [0.5, 0.6) is 0 Å². The SMILES string of the molecule is CCOC(=O)N/C(=N/c1ccc(Br)cn1)SC. The van der Waals surface area contributed by atoms with Gasteiger partial charge < -0.3 is 4.74 Å². The lowest BCUT2D eigenvalue weighted by molar-refractivity contribution is 0.158.